The fourth-order valence-electron chi connectivity index (χ4n) is 3.47. The summed E-state index contributed by atoms with van der Waals surface area (Å²) < 4.78 is 28.7. The minimum atomic E-state index is -3.31. The molecule has 24 heavy (non-hydrogen) atoms. The van der Waals surface area contributed by atoms with Gasteiger partial charge in [0.2, 0.25) is 5.91 Å². The molecular formula is C16H23N3O4S. The van der Waals surface area contributed by atoms with E-state index in [1.54, 1.807) is 11.1 Å². The molecule has 1 spiro atoms. The molecule has 0 bridgehead atoms. The number of carbonyl (C=O) groups excluding carboxylic acids is 1. The van der Waals surface area contributed by atoms with Crippen LogP contribution >= 0.6 is 0 Å². The Hall–Kier alpha value is -1.67. The normalized spacial score (nSPS) is 27.4. The zero-order valence-electron chi connectivity index (χ0n) is 13.8. The lowest BCUT2D eigenvalue weighted by molar-refractivity contribution is -0.130. The first-order valence-electron chi connectivity index (χ1n) is 8.12. The number of hydrogen-bond acceptors (Lipinski definition) is 6. The van der Waals surface area contributed by atoms with Crippen LogP contribution in [0.4, 0.5) is 5.82 Å². The lowest BCUT2D eigenvalue weighted by Gasteiger charge is -2.38. The maximum atomic E-state index is 12.1. The van der Waals surface area contributed by atoms with Gasteiger partial charge in [0.1, 0.15) is 11.6 Å². The molecule has 2 aliphatic heterocycles. The van der Waals surface area contributed by atoms with Crippen LogP contribution in [0.2, 0.25) is 0 Å². The van der Waals surface area contributed by atoms with Gasteiger partial charge in [-0.15, -0.1) is 0 Å². The molecule has 7 nitrogen and oxygen atoms in total. The van der Waals surface area contributed by atoms with Crippen molar-refractivity contribution in [1.29, 1.82) is 0 Å². The summed E-state index contributed by atoms with van der Waals surface area (Å²) in [5.74, 6) is 0.0685. The predicted octanol–water partition coefficient (Wildman–Crippen LogP) is 0.688. The van der Waals surface area contributed by atoms with Crippen molar-refractivity contribution >= 4 is 21.6 Å². The maximum absolute atomic E-state index is 12.1. The number of pyridine rings is 1. The van der Waals surface area contributed by atoms with Crippen molar-refractivity contribution < 1.29 is 17.9 Å². The minimum absolute atomic E-state index is 0.235. The number of nitrogens with zero attached hydrogens (tertiary/aromatic N) is 2. The number of carbonyl (C=O) groups is 1. The van der Waals surface area contributed by atoms with E-state index in [0.29, 0.717) is 19.7 Å². The molecule has 0 unspecified atom stereocenters. The van der Waals surface area contributed by atoms with E-state index < -0.39 is 15.6 Å². The van der Waals surface area contributed by atoms with E-state index in [1.807, 2.05) is 18.2 Å². The van der Waals surface area contributed by atoms with E-state index in [2.05, 4.69) is 10.3 Å². The van der Waals surface area contributed by atoms with E-state index in [4.69, 9.17) is 4.74 Å². The van der Waals surface area contributed by atoms with E-state index in [0.717, 1.165) is 31.3 Å². The van der Waals surface area contributed by atoms with E-state index in [9.17, 15) is 13.2 Å². The summed E-state index contributed by atoms with van der Waals surface area (Å²) in [4.78, 5) is 18.0. The summed E-state index contributed by atoms with van der Waals surface area (Å²) in [5.41, 5.74) is -0.377. The number of hydrogen-bond donors (Lipinski definition) is 1. The molecule has 132 valence electrons. The highest BCUT2D eigenvalue weighted by Gasteiger charge is 2.44. The Bertz CT molecular complexity index is 695. The van der Waals surface area contributed by atoms with Crippen LogP contribution in [0.25, 0.3) is 0 Å². The Kier molecular flexibility index (Phi) is 4.78. The highest BCUT2D eigenvalue weighted by molar-refractivity contribution is 7.91. The van der Waals surface area contributed by atoms with Crippen LogP contribution in [0.5, 0.6) is 0 Å². The first-order chi connectivity index (χ1) is 11.4. The molecule has 2 fully saturated rings. The summed E-state index contributed by atoms with van der Waals surface area (Å²) in [5, 5.41) is 3.42. The molecule has 0 aromatic carbocycles. The first-order valence-corrected chi connectivity index (χ1v) is 10.2. The molecule has 2 atom stereocenters. The van der Waals surface area contributed by atoms with Crippen LogP contribution in [-0.4, -0.2) is 67.6 Å². The Morgan fingerprint density at radius 1 is 1.50 bits per heavy atom. The van der Waals surface area contributed by atoms with Crippen molar-refractivity contribution in [2.24, 2.45) is 0 Å². The van der Waals surface area contributed by atoms with Gasteiger partial charge in [0.15, 0.2) is 9.84 Å². The molecule has 0 saturated carbocycles. The number of nitrogens with one attached hydrogen (secondary N) is 1. The highest BCUT2D eigenvalue weighted by Crippen LogP contribution is 2.35. The van der Waals surface area contributed by atoms with Gasteiger partial charge in [0.05, 0.1) is 5.60 Å². The van der Waals surface area contributed by atoms with Gasteiger partial charge in [0.25, 0.3) is 0 Å². The molecule has 0 aliphatic carbocycles. The summed E-state index contributed by atoms with van der Waals surface area (Å²) in [7, 11) is -3.31. The molecule has 1 aromatic rings. The van der Waals surface area contributed by atoms with Crippen LogP contribution in [0.15, 0.2) is 24.4 Å². The molecule has 0 radical (unpaired) electrons. The molecule has 2 aliphatic rings. The fraction of sp³-hybridized carbons (Fsp3) is 0.625. The van der Waals surface area contributed by atoms with Gasteiger partial charge >= 0.3 is 0 Å². The van der Waals surface area contributed by atoms with Gasteiger partial charge in [0, 0.05) is 38.2 Å². The molecule has 3 rings (SSSR count). The standard InChI is InChI=1S/C16H23N3O4S/c1-24(21,22)11-15(20)19-8-6-16(12-19)10-13(5-9-23-16)18-14-4-2-3-7-17-14/h2-4,7,13H,5-6,8-12H2,1H3,(H,17,18)/t13-,16-/m0/s1. The van der Waals surface area contributed by atoms with Crippen LogP contribution in [0.3, 0.4) is 0 Å². The zero-order valence-corrected chi connectivity index (χ0v) is 14.6. The third kappa shape index (κ3) is 4.24. The Morgan fingerprint density at radius 3 is 3.04 bits per heavy atom. The Balaban J connectivity index is 1.61. The number of amides is 1. The average Bonchev–Trinajstić information content (AvgIpc) is 2.90. The molecule has 8 heteroatoms. The van der Waals surface area contributed by atoms with Gasteiger partial charge in [-0.3, -0.25) is 4.79 Å². The largest absolute Gasteiger partial charge is 0.373 e. The van der Waals surface area contributed by atoms with Crippen molar-refractivity contribution in [2.45, 2.75) is 30.9 Å². The second-order valence-electron chi connectivity index (χ2n) is 6.72. The minimum Gasteiger partial charge on any atom is -0.373 e. The summed E-state index contributed by atoms with van der Waals surface area (Å²) in [6, 6.07) is 5.97. The molecule has 1 aromatic heterocycles. The van der Waals surface area contributed by atoms with Gasteiger partial charge in [-0.25, -0.2) is 13.4 Å². The monoisotopic (exact) mass is 353 g/mol. The first kappa shape index (κ1) is 17.2. The second-order valence-corrected chi connectivity index (χ2v) is 8.86. The van der Waals surface area contributed by atoms with Crippen LogP contribution < -0.4 is 5.32 Å². The number of aromatic nitrogens is 1. The fourth-order valence-corrected chi connectivity index (χ4v) is 4.10. The number of likely N-dealkylation sites (tertiary alicyclic amines) is 1. The van der Waals surface area contributed by atoms with Crippen molar-refractivity contribution in [3.05, 3.63) is 24.4 Å². The molecule has 1 amide bonds. The Labute approximate surface area is 142 Å². The SMILES string of the molecule is CS(=O)(=O)CC(=O)N1CC[C@]2(C[C@@H](Nc3ccccn3)CCO2)C1. The van der Waals surface area contributed by atoms with Gasteiger partial charge in [-0.2, -0.15) is 0 Å². The smallest absolute Gasteiger partial charge is 0.237 e. The summed E-state index contributed by atoms with van der Waals surface area (Å²) in [6.07, 6.45) is 5.24. The average molecular weight is 353 g/mol. The van der Waals surface area contributed by atoms with Crippen molar-refractivity contribution in [1.82, 2.24) is 9.88 Å². The summed E-state index contributed by atoms with van der Waals surface area (Å²) >= 11 is 0. The van der Waals surface area contributed by atoms with Gasteiger partial charge in [-0.1, -0.05) is 6.07 Å². The number of sulfone groups is 1. The quantitative estimate of drug-likeness (QED) is 0.857. The lowest BCUT2D eigenvalue weighted by Crippen LogP contribution is -2.47. The van der Waals surface area contributed by atoms with Crippen molar-refractivity contribution in [3.63, 3.8) is 0 Å². The van der Waals surface area contributed by atoms with Crippen LogP contribution in [0, 0.1) is 0 Å². The van der Waals surface area contributed by atoms with Gasteiger partial charge in [-0.05, 0) is 31.4 Å². The third-order valence-electron chi connectivity index (χ3n) is 4.56. The van der Waals surface area contributed by atoms with E-state index in [1.165, 1.54) is 0 Å². The molecule has 1 N–H and O–H groups in total. The number of ether oxygens (including phenoxy) is 1. The Morgan fingerprint density at radius 2 is 2.33 bits per heavy atom. The molecular weight excluding hydrogens is 330 g/mol. The van der Waals surface area contributed by atoms with Crippen LogP contribution in [-0.2, 0) is 19.4 Å². The number of rotatable bonds is 4. The van der Waals surface area contributed by atoms with Crippen molar-refractivity contribution in [2.75, 3.05) is 37.0 Å². The number of anilines is 1. The van der Waals surface area contributed by atoms with E-state index in [-0.39, 0.29) is 17.6 Å². The van der Waals surface area contributed by atoms with Crippen LogP contribution in [0.1, 0.15) is 19.3 Å². The third-order valence-corrected chi connectivity index (χ3v) is 5.34. The zero-order chi connectivity index (χ0) is 17.2. The maximum Gasteiger partial charge on any atom is 0.237 e. The summed E-state index contributed by atoms with van der Waals surface area (Å²) in [6.45, 7) is 1.63. The van der Waals surface area contributed by atoms with E-state index >= 15 is 0 Å². The topological polar surface area (TPSA) is 88.6 Å². The second kappa shape index (κ2) is 6.68. The van der Waals surface area contributed by atoms with Gasteiger partial charge < -0.3 is 15.0 Å². The van der Waals surface area contributed by atoms with Crippen molar-refractivity contribution in [3.8, 4) is 0 Å². The molecule has 2 saturated heterocycles. The highest BCUT2D eigenvalue weighted by atomic mass is 32.2. The lowest BCUT2D eigenvalue weighted by atomic mass is 9.89. The molecule has 3 heterocycles. The predicted molar refractivity (Wildman–Crippen MR) is 90.5 cm³/mol.